The van der Waals surface area contributed by atoms with Gasteiger partial charge in [-0.05, 0) is 35.3 Å². The minimum atomic E-state index is -0.874. The minimum Gasteiger partial charge on any atom is -0.481 e. The number of amides is 1. The molecule has 2 rings (SSSR count). The second-order valence-corrected chi connectivity index (χ2v) is 5.74. The molecule has 2 atom stereocenters. The number of nitrogens with zero attached hydrogens (tertiary/aromatic N) is 2. The third-order valence-corrected chi connectivity index (χ3v) is 4.10. The van der Waals surface area contributed by atoms with E-state index in [1.807, 2.05) is 0 Å². The first kappa shape index (κ1) is 14.3. The van der Waals surface area contributed by atoms with E-state index in [0.717, 1.165) is 0 Å². The molecule has 5 nitrogen and oxygen atoms in total. The molecule has 1 N–H and O–H groups in total. The van der Waals surface area contributed by atoms with Crippen molar-refractivity contribution in [2.24, 2.45) is 5.92 Å². The van der Waals surface area contributed by atoms with E-state index >= 15 is 0 Å². The lowest BCUT2D eigenvalue weighted by Gasteiger charge is -2.23. The van der Waals surface area contributed by atoms with E-state index in [4.69, 9.17) is 16.7 Å². The fourth-order valence-electron chi connectivity index (χ4n) is 2.28. The number of aromatic nitrogens is 1. The molecule has 0 spiro atoms. The van der Waals surface area contributed by atoms with Crippen molar-refractivity contribution < 1.29 is 14.7 Å². The summed E-state index contributed by atoms with van der Waals surface area (Å²) in [6, 6.07) is 1.25. The van der Waals surface area contributed by atoms with Gasteiger partial charge in [-0.3, -0.25) is 9.59 Å². The van der Waals surface area contributed by atoms with E-state index in [1.165, 1.54) is 11.1 Å². The molecule has 2 heterocycles. The number of carbonyl (C=O) groups excluding carboxylic acids is 1. The van der Waals surface area contributed by atoms with Gasteiger partial charge in [-0.25, -0.2) is 4.98 Å². The third-order valence-electron chi connectivity index (χ3n) is 3.37. The van der Waals surface area contributed by atoms with E-state index in [1.54, 1.807) is 13.0 Å². The summed E-state index contributed by atoms with van der Waals surface area (Å²) in [6.45, 7) is 2.16. The first-order chi connectivity index (χ1) is 8.91. The number of carbonyl (C=O) groups is 2. The number of hydrogen-bond donors (Lipinski definition) is 1. The molecule has 1 aliphatic rings. The summed E-state index contributed by atoms with van der Waals surface area (Å²) in [5.74, 6) is -1.68. The second kappa shape index (κ2) is 5.46. The lowest BCUT2D eigenvalue weighted by molar-refractivity contribution is -0.142. The highest BCUT2D eigenvalue weighted by Crippen LogP contribution is 2.28. The molecule has 2 unspecified atom stereocenters. The highest BCUT2D eigenvalue weighted by molar-refractivity contribution is 9.10. The summed E-state index contributed by atoms with van der Waals surface area (Å²) in [5.41, 5.74) is 0.286. The van der Waals surface area contributed by atoms with Crippen LogP contribution in [0.5, 0.6) is 0 Å². The zero-order valence-electron chi connectivity index (χ0n) is 10.1. The molecule has 1 fully saturated rings. The van der Waals surface area contributed by atoms with Crippen LogP contribution in [-0.4, -0.2) is 39.5 Å². The van der Waals surface area contributed by atoms with Gasteiger partial charge in [-0.1, -0.05) is 11.6 Å². The summed E-state index contributed by atoms with van der Waals surface area (Å²) < 4.78 is 0.655. The molecule has 1 aromatic rings. The van der Waals surface area contributed by atoms with E-state index in [9.17, 15) is 9.59 Å². The number of aliphatic carboxylic acids is 1. The van der Waals surface area contributed by atoms with Gasteiger partial charge in [-0.15, -0.1) is 0 Å². The summed E-state index contributed by atoms with van der Waals surface area (Å²) in [7, 11) is 0. The number of likely N-dealkylation sites (tertiary alicyclic amines) is 1. The molecule has 1 aliphatic heterocycles. The average molecular weight is 348 g/mol. The quantitative estimate of drug-likeness (QED) is 0.834. The number of rotatable bonds is 2. The lowest BCUT2D eigenvalue weighted by atomic mass is 10.0. The van der Waals surface area contributed by atoms with Gasteiger partial charge >= 0.3 is 5.97 Å². The number of pyridine rings is 1. The van der Waals surface area contributed by atoms with Crippen LogP contribution in [0.15, 0.2) is 16.7 Å². The van der Waals surface area contributed by atoms with Crippen molar-refractivity contribution in [1.29, 1.82) is 0 Å². The molecular formula is C12H12BrClN2O3. The third kappa shape index (κ3) is 2.74. The highest BCUT2D eigenvalue weighted by Gasteiger charge is 2.38. The summed E-state index contributed by atoms with van der Waals surface area (Å²) >= 11 is 9.16. The Balaban J connectivity index is 2.26. The van der Waals surface area contributed by atoms with Gasteiger partial charge < -0.3 is 10.0 Å². The van der Waals surface area contributed by atoms with Crippen LogP contribution in [-0.2, 0) is 4.79 Å². The van der Waals surface area contributed by atoms with Crippen LogP contribution < -0.4 is 0 Å². The minimum absolute atomic E-state index is 0.124. The Morgan fingerprint density at radius 3 is 2.84 bits per heavy atom. The molecule has 1 saturated heterocycles. The molecule has 0 aromatic carbocycles. The summed E-state index contributed by atoms with van der Waals surface area (Å²) in [6.07, 6.45) is 1.97. The van der Waals surface area contributed by atoms with Gasteiger partial charge in [0, 0.05) is 23.3 Å². The standard InChI is InChI=1S/C12H12BrClN2O3/c1-6-8(12(18)19)2-3-16(6)11(17)9-4-7(13)5-15-10(9)14/h4-6,8H,2-3H2,1H3,(H,18,19). The Bertz CT molecular complexity index is 538. The maximum Gasteiger partial charge on any atom is 0.308 e. The first-order valence-corrected chi connectivity index (χ1v) is 6.93. The van der Waals surface area contributed by atoms with Gasteiger partial charge in [0.25, 0.3) is 5.91 Å². The molecule has 0 bridgehead atoms. The monoisotopic (exact) mass is 346 g/mol. The zero-order valence-corrected chi connectivity index (χ0v) is 12.5. The molecule has 0 aliphatic carbocycles. The van der Waals surface area contributed by atoms with Crippen LogP contribution in [0.1, 0.15) is 23.7 Å². The zero-order chi connectivity index (χ0) is 14.2. The largest absolute Gasteiger partial charge is 0.481 e. The van der Waals surface area contributed by atoms with Crippen LogP contribution in [0.4, 0.5) is 0 Å². The highest BCUT2D eigenvalue weighted by atomic mass is 79.9. The van der Waals surface area contributed by atoms with Crippen molar-refractivity contribution in [2.45, 2.75) is 19.4 Å². The Labute approximate surface area is 123 Å². The number of halogens is 2. The number of carboxylic acid groups (broad SMARTS) is 1. The Morgan fingerprint density at radius 2 is 2.26 bits per heavy atom. The molecular weight excluding hydrogens is 336 g/mol. The molecule has 1 aromatic heterocycles. The molecule has 7 heteroatoms. The van der Waals surface area contributed by atoms with Gasteiger partial charge in [0.05, 0.1) is 11.5 Å². The number of carboxylic acids is 1. The van der Waals surface area contributed by atoms with Crippen molar-refractivity contribution >= 4 is 39.4 Å². The Hall–Kier alpha value is -1.14. The van der Waals surface area contributed by atoms with E-state index in [0.29, 0.717) is 17.4 Å². The SMILES string of the molecule is CC1C(C(=O)O)CCN1C(=O)c1cc(Br)cnc1Cl. The van der Waals surface area contributed by atoms with E-state index < -0.39 is 11.9 Å². The van der Waals surface area contributed by atoms with Gasteiger partial charge in [0.15, 0.2) is 0 Å². The van der Waals surface area contributed by atoms with Crippen molar-refractivity contribution in [3.8, 4) is 0 Å². The maximum absolute atomic E-state index is 12.4. The van der Waals surface area contributed by atoms with Crippen molar-refractivity contribution in [1.82, 2.24) is 9.88 Å². The van der Waals surface area contributed by atoms with Crippen molar-refractivity contribution in [3.63, 3.8) is 0 Å². The van der Waals surface area contributed by atoms with Crippen LogP contribution >= 0.6 is 27.5 Å². The average Bonchev–Trinajstić information content (AvgIpc) is 2.73. The number of hydrogen-bond acceptors (Lipinski definition) is 3. The van der Waals surface area contributed by atoms with E-state index in [-0.39, 0.29) is 22.7 Å². The Kier molecular flexibility index (Phi) is 4.10. The normalized spacial score (nSPS) is 22.6. The van der Waals surface area contributed by atoms with Crippen LogP contribution in [0, 0.1) is 5.92 Å². The van der Waals surface area contributed by atoms with Crippen LogP contribution in [0.2, 0.25) is 5.15 Å². The first-order valence-electron chi connectivity index (χ1n) is 5.76. The van der Waals surface area contributed by atoms with Gasteiger partial charge in [0.1, 0.15) is 5.15 Å². The molecule has 102 valence electrons. The molecule has 1 amide bonds. The van der Waals surface area contributed by atoms with Crippen LogP contribution in [0.25, 0.3) is 0 Å². The van der Waals surface area contributed by atoms with Crippen LogP contribution in [0.3, 0.4) is 0 Å². The van der Waals surface area contributed by atoms with E-state index in [2.05, 4.69) is 20.9 Å². The lowest BCUT2D eigenvalue weighted by Crippen LogP contribution is -2.37. The van der Waals surface area contributed by atoms with Crippen molar-refractivity contribution in [3.05, 3.63) is 27.5 Å². The maximum atomic E-state index is 12.4. The summed E-state index contributed by atoms with van der Waals surface area (Å²) in [5, 5.41) is 9.19. The Morgan fingerprint density at radius 1 is 1.58 bits per heavy atom. The van der Waals surface area contributed by atoms with Gasteiger partial charge in [-0.2, -0.15) is 0 Å². The molecule has 0 saturated carbocycles. The molecule has 19 heavy (non-hydrogen) atoms. The second-order valence-electron chi connectivity index (χ2n) is 4.46. The fraction of sp³-hybridized carbons (Fsp3) is 0.417. The summed E-state index contributed by atoms with van der Waals surface area (Å²) in [4.78, 5) is 28.9. The predicted molar refractivity (Wildman–Crippen MR) is 73.2 cm³/mol. The van der Waals surface area contributed by atoms with Gasteiger partial charge in [0.2, 0.25) is 0 Å². The smallest absolute Gasteiger partial charge is 0.308 e. The topological polar surface area (TPSA) is 70.5 Å². The molecule has 0 radical (unpaired) electrons. The predicted octanol–water partition coefficient (Wildman–Crippen LogP) is 2.43. The van der Waals surface area contributed by atoms with Crippen molar-refractivity contribution in [2.75, 3.05) is 6.54 Å². The fourth-order valence-corrected chi connectivity index (χ4v) is 2.80.